The maximum atomic E-state index is 13.2. The SMILES string of the molecule is CCOCCn1c(=NC(=O)c2cccc(NS(=O)(=O)c3ccc(F)cc3)c2)sc2cc(OC)ccc21. The summed E-state index contributed by atoms with van der Waals surface area (Å²) in [6.45, 7) is 3.44. The van der Waals surface area contributed by atoms with E-state index in [0.29, 0.717) is 30.3 Å². The Bertz CT molecular complexity index is 1560. The second-order valence-corrected chi connectivity index (χ2v) is 10.3. The first-order valence-electron chi connectivity index (χ1n) is 11.0. The number of ether oxygens (including phenoxy) is 2. The number of carbonyl (C=O) groups is 1. The van der Waals surface area contributed by atoms with Crippen LogP contribution in [0.25, 0.3) is 10.2 Å². The number of sulfonamides is 1. The second-order valence-electron chi connectivity index (χ2n) is 7.62. The van der Waals surface area contributed by atoms with Crippen molar-refractivity contribution in [3.05, 3.63) is 82.9 Å². The number of nitrogens with zero attached hydrogens (tertiary/aromatic N) is 2. The number of aromatic nitrogens is 1. The highest BCUT2D eigenvalue weighted by Crippen LogP contribution is 2.23. The van der Waals surface area contributed by atoms with Crippen molar-refractivity contribution in [1.29, 1.82) is 0 Å². The quantitative estimate of drug-likeness (QED) is 0.324. The zero-order valence-corrected chi connectivity index (χ0v) is 21.2. The summed E-state index contributed by atoms with van der Waals surface area (Å²) in [5, 5.41) is 0. The number of fused-ring (bicyclic) bond motifs is 1. The van der Waals surface area contributed by atoms with Crippen molar-refractivity contribution in [2.24, 2.45) is 4.99 Å². The fourth-order valence-electron chi connectivity index (χ4n) is 3.48. The van der Waals surface area contributed by atoms with Crippen LogP contribution < -0.4 is 14.3 Å². The fraction of sp³-hybridized carbons (Fsp3) is 0.200. The smallest absolute Gasteiger partial charge is 0.279 e. The number of amides is 1. The van der Waals surface area contributed by atoms with E-state index in [1.54, 1.807) is 19.2 Å². The van der Waals surface area contributed by atoms with Crippen LogP contribution in [0.4, 0.5) is 10.1 Å². The molecule has 0 atom stereocenters. The molecule has 0 aliphatic carbocycles. The van der Waals surface area contributed by atoms with Gasteiger partial charge in [0.25, 0.3) is 15.9 Å². The minimum Gasteiger partial charge on any atom is -0.497 e. The van der Waals surface area contributed by atoms with Crippen LogP contribution >= 0.6 is 11.3 Å². The molecule has 0 bridgehead atoms. The molecule has 3 aromatic carbocycles. The third kappa shape index (κ3) is 5.81. The molecule has 8 nitrogen and oxygen atoms in total. The van der Waals surface area contributed by atoms with Crippen LogP contribution in [-0.4, -0.2) is 39.2 Å². The van der Waals surface area contributed by atoms with Gasteiger partial charge in [-0.2, -0.15) is 4.99 Å². The van der Waals surface area contributed by atoms with E-state index in [0.717, 1.165) is 22.3 Å². The molecule has 1 heterocycles. The number of methoxy groups -OCH3 is 1. The Morgan fingerprint density at radius 1 is 1.11 bits per heavy atom. The zero-order valence-electron chi connectivity index (χ0n) is 19.6. The van der Waals surface area contributed by atoms with E-state index in [1.807, 2.05) is 29.7 Å². The monoisotopic (exact) mass is 529 g/mol. The highest BCUT2D eigenvalue weighted by molar-refractivity contribution is 7.92. The summed E-state index contributed by atoms with van der Waals surface area (Å²) in [6, 6.07) is 16.1. The van der Waals surface area contributed by atoms with E-state index in [4.69, 9.17) is 9.47 Å². The third-order valence-electron chi connectivity index (χ3n) is 5.24. The lowest BCUT2D eigenvalue weighted by Gasteiger charge is -2.09. The van der Waals surface area contributed by atoms with Crippen LogP contribution in [0.15, 0.2) is 76.6 Å². The predicted octanol–water partition coefficient (Wildman–Crippen LogP) is 4.43. The lowest BCUT2D eigenvalue weighted by molar-refractivity contribution is 0.0996. The summed E-state index contributed by atoms with van der Waals surface area (Å²) in [4.78, 5) is 17.8. The lowest BCUT2D eigenvalue weighted by Crippen LogP contribution is -2.20. The molecular weight excluding hydrogens is 505 g/mol. The zero-order chi connectivity index (χ0) is 25.7. The molecular formula is C25H24FN3O5S2. The van der Waals surface area contributed by atoms with Crippen LogP contribution in [0, 0.1) is 5.82 Å². The molecule has 0 saturated carbocycles. The van der Waals surface area contributed by atoms with Gasteiger partial charge < -0.3 is 14.0 Å². The van der Waals surface area contributed by atoms with Crippen LogP contribution in [0.1, 0.15) is 17.3 Å². The van der Waals surface area contributed by atoms with Gasteiger partial charge in [0, 0.05) is 24.4 Å². The van der Waals surface area contributed by atoms with Crippen molar-refractivity contribution in [1.82, 2.24) is 4.57 Å². The molecule has 36 heavy (non-hydrogen) atoms. The molecule has 11 heteroatoms. The van der Waals surface area contributed by atoms with Crippen molar-refractivity contribution in [3.8, 4) is 5.75 Å². The number of benzene rings is 3. The van der Waals surface area contributed by atoms with E-state index in [9.17, 15) is 17.6 Å². The molecule has 0 aliphatic heterocycles. The Labute approximate surface area is 211 Å². The molecule has 0 fully saturated rings. The van der Waals surface area contributed by atoms with Gasteiger partial charge in [-0.05, 0) is 67.6 Å². The van der Waals surface area contributed by atoms with Crippen molar-refractivity contribution >= 4 is 43.2 Å². The van der Waals surface area contributed by atoms with Gasteiger partial charge in [0.1, 0.15) is 11.6 Å². The number of rotatable bonds is 9. The van der Waals surface area contributed by atoms with Crippen molar-refractivity contribution in [2.45, 2.75) is 18.4 Å². The standard InChI is InChI=1S/C25H24FN3O5S2/c1-3-34-14-13-29-22-12-9-20(33-2)16-23(22)35-25(29)27-24(30)17-5-4-6-19(15-17)28-36(31,32)21-10-7-18(26)8-11-21/h4-12,15-16,28H,3,13-14H2,1-2H3. The number of hydrogen-bond donors (Lipinski definition) is 1. The van der Waals surface area contributed by atoms with Crippen LogP contribution in [-0.2, 0) is 21.3 Å². The molecule has 0 spiro atoms. The van der Waals surface area contributed by atoms with E-state index < -0.39 is 21.7 Å². The molecule has 1 aromatic heterocycles. The second kappa shape index (κ2) is 11.0. The van der Waals surface area contributed by atoms with Gasteiger partial charge in [0.05, 0.1) is 28.8 Å². The van der Waals surface area contributed by atoms with Crippen LogP contribution in [0.2, 0.25) is 0 Å². The van der Waals surface area contributed by atoms with Crippen molar-refractivity contribution in [2.75, 3.05) is 25.0 Å². The average Bonchev–Trinajstić information content (AvgIpc) is 3.20. The van der Waals surface area contributed by atoms with Gasteiger partial charge >= 0.3 is 0 Å². The van der Waals surface area contributed by atoms with E-state index >= 15 is 0 Å². The Balaban J connectivity index is 1.66. The first-order chi connectivity index (χ1) is 17.3. The van der Waals surface area contributed by atoms with Crippen LogP contribution in [0.3, 0.4) is 0 Å². The van der Waals surface area contributed by atoms with Gasteiger partial charge in [-0.15, -0.1) is 0 Å². The Morgan fingerprint density at radius 2 is 1.89 bits per heavy atom. The van der Waals surface area contributed by atoms with Gasteiger partial charge in [-0.1, -0.05) is 17.4 Å². The maximum absolute atomic E-state index is 13.2. The number of carbonyl (C=O) groups excluding carboxylic acids is 1. The Kier molecular flexibility index (Phi) is 7.82. The molecule has 4 rings (SSSR count). The lowest BCUT2D eigenvalue weighted by atomic mass is 10.2. The molecule has 0 saturated heterocycles. The van der Waals surface area contributed by atoms with Gasteiger partial charge in [0.2, 0.25) is 0 Å². The predicted molar refractivity (Wildman–Crippen MR) is 136 cm³/mol. The topological polar surface area (TPSA) is 99.0 Å². The Morgan fingerprint density at radius 3 is 2.61 bits per heavy atom. The molecule has 0 unspecified atom stereocenters. The maximum Gasteiger partial charge on any atom is 0.279 e. The summed E-state index contributed by atoms with van der Waals surface area (Å²) in [7, 11) is -2.37. The fourth-order valence-corrected chi connectivity index (χ4v) is 5.61. The Hall–Kier alpha value is -3.54. The molecule has 0 aliphatic rings. The summed E-state index contributed by atoms with van der Waals surface area (Å²) in [5.41, 5.74) is 1.29. The third-order valence-corrected chi connectivity index (χ3v) is 7.67. The number of anilines is 1. The van der Waals surface area contributed by atoms with Crippen LogP contribution in [0.5, 0.6) is 5.75 Å². The number of thiazole rings is 1. The molecule has 188 valence electrons. The van der Waals surface area contributed by atoms with E-state index in [2.05, 4.69) is 9.71 Å². The largest absolute Gasteiger partial charge is 0.497 e. The number of nitrogens with one attached hydrogen (secondary N) is 1. The molecule has 4 aromatic rings. The first-order valence-corrected chi connectivity index (χ1v) is 13.3. The minimum atomic E-state index is -3.96. The van der Waals surface area contributed by atoms with E-state index in [-0.39, 0.29) is 16.1 Å². The summed E-state index contributed by atoms with van der Waals surface area (Å²) in [5.74, 6) is -0.373. The molecule has 1 amide bonds. The molecule has 1 N–H and O–H groups in total. The van der Waals surface area contributed by atoms with Gasteiger partial charge in [0.15, 0.2) is 4.80 Å². The van der Waals surface area contributed by atoms with Gasteiger partial charge in [-0.3, -0.25) is 9.52 Å². The van der Waals surface area contributed by atoms with E-state index in [1.165, 1.54) is 35.6 Å². The summed E-state index contributed by atoms with van der Waals surface area (Å²) < 4.78 is 54.5. The van der Waals surface area contributed by atoms with Gasteiger partial charge in [-0.25, -0.2) is 12.8 Å². The van der Waals surface area contributed by atoms with Crippen molar-refractivity contribution in [3.63, 3.8) is 0 Å². The highest BCUT2D eigenvalue weighted by atomic mass is 32.2. The molecule has 0 radical (unpaired) electrons. The summed E-state index contributed by atoms with van der Waals surface area (Å²) >= 11 is 1.34. The number of halogens is 1. The normalized spacial score (nSPS) is 12.1. The first kappa shape index (κ1) is 25.5. The number of hydrogen-bond acceptors (Lipinski definition) is 6. The summed E-state index contributed by atoms with van der Waals surface area (Å²) in [6.07, 6.45) is 0. The minimum absolute atomic E-state index is 0.0960. The van der Waals surface area contributed by atoms with Crippen molar-refractivity contribution < 1.29 is 27.1 Å². The highest BCUT2D eigenvalue weighted by Gasteiger charge is 2.16. The average molecular weight is 530 g/mol.